The number of benzene rings is 1. The standard InChI is InChI=1S/C14H21N3O2.HI/c1-11(13(18)19-2)10-17-14(15)16-9-8-12-6-4-3-5-7-12;/h3-7,11H,8-10H2,1-2H3,(H3,15,16,17);1H. The zero-order valence-corrected chi connectivity index (χ0v) is 14.2. The van der Waals surface area contributed by atoms with Crippen LogP contribution in [0, 0.1) is 5.92 Å². The Balaban J connectivity index is 0.00000361. The van der Waals surface area contributed by atoms with Gasteiger partial charge in [-0.1, -0.05) is 37.3 Å². The van der Waals surface area contributed by atoms with Crippen LogP contribution in [0.1, 0.15) is 12.5 Å². The van der Waals surface area contributed by atoms with Crippen molar-refractivity contribution in [2.45, 2.75) is 13.3 Å². The number of nitrogens with one attached hydrogen (secondary N) is 1. The smallest absolute Gasteiger partial charge is 0.310 e. The molecule has 0 aliphatic heterocycles. The molecule has 1 aromatic rings. The maximum atomic E-state index is 11.2. The lowest BCUT2D eigenvalue weighted by atomic mass is 10.1. The molecule has 0 bridgehead atoms. The van der Waals surface area contributed by atoms with Gasteiger partial charge in [0.25, 0.3) is 0 Å². The van der Waals surface area contributed by atoms with Crippen molar-refractivity contribution in [2.24, 2.45) is 16.6 Å². The molecule has 5 nitrogen and oxygen atoms in total. The number of guanidine groups is 1. The predicted molar refractivity (Wildman–Crippen MR) is 91.2 cm³/mol. The number of hydrogen-bond donors (Lipinski definition) is 2. The molecule has 1 unspecified atom stereocenters. The van der Waals surface area contributed by atoms with E-state index in [4.69, 9.17) is 5.73 Å². The average Bonchev–Trinajstić information content (AvgIpc) is 2.45. The van der Waals surface area contributed by atoms with Gasteiger partial charge in [-0.25, -0.2) is 0 Å². The maximum Gasteiger partial charge on any atom is 0.310 e. The molecule has 0 aliphatic carbocycles. The average molecular weight is 391 g/mol. The van der Waals surface area contributed by atoms with Crippen LogP contribution in [0.5, 0.6) is 0 Å². The Morgan fingerprint density at radius 1 is 1.40 bits per heavy atom. The van der Waals surface area contributed by atoms with Gasteiger partial charge in [-0.2, -0.15) is 0 Å². The van der Waals surface area contributed by atoms with E-state index in [0.717, 1.165) is 6.42 Å². The second-order valence-electron chi connectivity index (χ2n) is 4.31. The van der Waals surface area contributed by atoms with Crippen molar-refractivity contribution in [1.29, 1.82) is 0 Å². The molecule has 0 saturated heterocycles. The number of esters is 1. The van der Waals surface area contributed by atoms with Crippen molar-refractivity contribution in [3.05, 3.63) is 35.9 Å². The topological polar surface area (TPSA) is 76.7 Å². The van der Waals surface area contributed by atoms with Crippen LogP contribution < -0.4 is 11.1 Å². The molecular weight excluding hydrogens is 369 g/mol. The Morgan fingerprint density at radius 2 is 2.05 bits per heavy atom. The molecule has 3 N–H and O–H groups in total. The lowest BCUT2D eigenvalue weighted by molar-refractivity contribution is -0.144. The molecule has 1 rings (SSSR count). The third-order valence-corrected chi connectivity index (χ3v) is 2.70. The summed E-state index contributed by atoms with van der Waals surface area (Å²) in [4.78, 5) is 15.3. The van der Waals surface area contributed by atoms with E-state index in [1.165, 1.54) is 12.7 Å². The molecule has 1 aromatic carbocycles. The van der Waals surface area contributed by atoms with E-state index in [1.54, 1.807) is 6.92 Å². The minimum atomic E-state index is -0.278. The van der Waals surface area contributed by atoms with Crippen LogP contribution in [0.4, 0.5) is 0 Å². The van der Waals surface area contributed by atoms with Gasteiger partial charge in [-0.05, 0) is 12.0 Å². The van der Waals surface area contributed by atoms with E-state index in [2.05, 4.69) is 27.2 Å². The number of rotatable bonds is 6. The first-order chi connectivity index (χ1) is 9.13. The van der Waals surface area contributed by atoms with Gasteiger partial charge in [0.05, 0.1) is 19.6 Å². The Labute approximate surface area is 137 Å². The second-order valence-corrected chi connectivity index (χ2v) is 4.31. The van der Waals surface area contributed by atoms with Gasteiger partial charge in [0.15, 0.2) is 5.96 Å². The fourth-order valence-electron chi connectivity index (χ4n) is 1.55. The first-order valence-electron chi connectivity index (χ1n) is 6.29. The zero-order valence-electron chi connectivity index (χ0n) is 11.8. The summed E-state index contributed by atoms with van der Waals surface area (Å²) in [5.74, 6) is -0.202. The lowest BCUT2D eigenvalue weighted by Gasteiger charge is -2.08. The molecule has 1 atom stereocenters. The monoisotopic (exact) mass is 391 g/mol. The highest BCUT2D eigenvalue weighted by molar-refractivity contribution is 14.0. The fraction of sp³-hybridized carbons (Fsp3) is 0.429. The van der Waals surface area contributed by atoms with Gasteiger partial charge < -0.3 is 15.8 Å². The summed E-state index contributed by atoms with van der Waals surface area (Å²) < 4.78 is 4.61. The Morgan fingerprint density at radius 3 is 2.65 bits per heavy atom. The number of hydrogen-bond acceptors (Lipinski definition) is 3. The van der Waals surface area contributed by atoms with Crippen molar-refractivity contribution in [3.8, 4) is 0 Å². The number of carbonyl (C=O) groups excluding carboxylic acids is 1. The van der Waals surface area contributed by atoms with Gasteiger partial charge in [-0.15, -0.1) is 24.0 Å². The number of nitrogens with two attached hydrogens (primary N) is 1. The van der Waals surface area contributed by atoms with E-state index in [0.29, 0.717) is 19.0 Å². The first kappa shape index (κ1) is 18.7. The Hall–Kier alpha value is -1.31. The number of methoxy groups -OCH3 is 1. The minimum absolute atomic E-state index is 0. The van der Waals surface area contributed by atoms with E-state index in [-0.39, 0.29) is 35.9 Å². The van der Waals surface area contributed by atoms with Crippen molar-refractivity contribution in [2.75, 3.05) is 20.2 Å². The van der Waals surface area contributed by atoms with Crippen molar-refractivity contribution < 1.29 is 9.53 Å². The molecule has 0 amide bonds. The summed E-state index contributed by atoms with van der Waals surface area (Å²) >= 11 is 0. The lowest BCUT2D eigenvalue weighted by Crippen LogP contribution is -2.34. The van der Waals surface area contributed by atoms with Crippen LogP contribution >= 0.6 is 24.0 Å². The number of aliphatic imine (C=N–C) groups is 1. The Bertz CT molecular complexity index is 424. The number of halogens is 1. The van der Waals surface area contributed by atoms with E-state index >= 15 is 0 Å². The van der Waals surface area contributed by atoms with Crippen molar-refractivity contribution in [3.63, 3.8) is 0 Å². The molecule has 0 radical (unpaired) electrons. The summed E-state index contributed by atoms with van der Waals surface area (Å²) in [6.45, 7) is 2.80. The van der Waals surface area contributed by atoms with Crippen LogP contribution in [0.3, 0.4) is 0 Å². The van der Waals surface area contributed by atoms with Gasteiger partial charge in [0.2, 0.25) is 0 Å². The van der Waals surface area contributed by atoms with Crippen LogP contribution in [0.25, 0.3) is 0 Å². The molecule has 0 saturated carbocycles. The third kappa shape index (κ3) is 7.32. The van der Waals surface area contributed by atoms with Gasteiger partial charge >= 0.3 is 5.97 Å². The largest absolute Gasteiger partial charge is 0.469 e. The summed E-state index contributed by atoms with van der Waals surface area (Å²) in [7, 11) is 1.37. The summed E-state index contributed by atoms with van der Waals surface area (Å²) in [6.07, 6.45) is 0.879. The number of ether oxygens (including phenoxy) is 1. The van der Waals surface area contributed by atoms with Crippen molar-refractivity contribution in [1.82, 2.24) is 5.32 Å². The van der Waals surface area contributed by atoms with Crippen LogP contribution in [0.2, 0.25) is 0 Å². The van der Waals surface area contributed by atoms with E-state index < -0.39 is 0 Å². The molecule has 112 valence electrons. The van der Waals surface area contributed by atoms with Gasteiger partial charge in [0, 0.05) is 6.54 Å². The molecule has 0 aromatic heterocycles. The molecule has 0 spiro atoms. The second kappa shape index (κ2) is 10.5. The maximum absolute atomic E-state index is 11.2. The highest BCUT2D eigenvalue weighted by Crippen LogP contribution is 1.99. The first-order valence-corrected chi connectivity index (χ1v) is 6.29. The molecule has 0 aliphatic rings. The summed E-state index contributed by atoms with van der Waals surface area (Å²) in [6, 6.07) is 10.1. The third-order valence-electron chi connectivity index (χ3n) is 2.70. The van der Waals surface area contributed by atoms with Gasteiger partial charge in [-0.3, -0.25) is 9.79 Å². The predicted octanol–water partition coefficient (Wildman–Crippen LogP) is 1.56. The molecule has 6 heteroatoms. The normalized spacial score (nSPS) is 12.2. The number of nitrogens with zero attached hydrogens (tertiary/aromatic N) is 1. The van der Waals surface area contributed by atoms with Crippen molar-refractivity contribution >= 4 is 35.9 Å². The zero-order chi connectivity index (χ0) is 14.1. The highest BCUT2D eigenvalue weighted by atomic mass is 127. The van der Waals surface area contributed by atoms with E-state index in [1.807, 2.05) is 18.2 Å². The fourth-order valence-corrected chi connectivity index (χ4v) is 1.55. The molecule has 0 heterocycles. The molecular formula is C14H22IN3O2. The quantitative estimate of drug-likeness (QED) is 0.334. The van der Waals surface area contributed by atoms with Crippen LogP contribution in [-0.2, 0) is 16.0 Å². The van der Waals surface area contributed by atoms with Gasteiger partial charge in [0.1, 0.15) is 0 Å². The Kier molecular flexibility index (Phi) is 9.79. The van der Waals surface area contributed by atoms with E-state index in [9.17, 15) is 4.79 Å². The summed E-state index contributed by atoms with van der Waals surface area (Å²) in [5, 5.41) is 3.02. The molecule has 0 fully saturated rings. The number of carbonyl (C=O) groups is 1. The SMILES string of the molecule is COC(=O)C(C)CN=C(N)NCCc1ccccc1.I. The minimum Gasteiger partial charge on any atom is -0.469 e. The summed E-state index contributed by atoms with van der Waals surface area (Å²) in [5.41, 5.74) is 6.96. The molecule has 20 heavy (non-hydrogen) atoms. The highest BCUT2D eigenvalue weighted by Gasteiger charge is 2.11. The van der Waals surface area contributed by atoms with Crippen LogP contribution in [0.15, 0.2) is 35.3 Å². The van der Waals surface area contributed by atoms with Crippen LogP contribution in [-0.4, -0.2) is 32.1 Å².